The summed E-state index contributed by atoms with van der Waals surface area (Å²) in [6, 6.07) is 14.0. The minimum Gasteiger partial charge on any atom is -0.486 e. The summed E-state index contributed by atoms with van der Waals surface area (Å²) in [6.45, 7) is 3.76. The van der Waals surface area contributed by atoms with Crippen LogP contribution in [0.4, 0.5) is 5.69 Å². The topological polar surface area (TPSA) is 74.1 Å². The Morgan fingerprint density at radius 3 is 2.79 bits per heavy atom. The van der Waals surface area contributed by atoms with Crippen molar-refractivity contribution in [1.29, 1.82) is 0 Å². The molecule has 0 radical (unpaired) electrons. The van der Waals surface area contributed by atoms with Gasteiger partial charge in [-0.2, -0.15) is 4.68 Å². The fourth-order valence-electron chi connectivity index (χ4n) is 2.62. The van der Waals surface area contributed by atoms with Crippen LogP contribution in [0.2, 0.25) is 0 Å². The second-order valence-electron chi connectivity index (χ2n) is 5.52. The quantitative estimate of drug-likeness (QED) is 0.794. The monoisotopic (exact) mass is 323 g/mol. The zero-order valence-electron chi connectivity index (χ0n) is 13.3. The molecule has 0 spiro atoms. The number of tetrazole rings is 1. The van der Waals surface area contributed by atoms with Crippen LogP contribution in [-0.2, 0) is 6.54 Å². The van der Waals surface area contributed by atoms with Gasteiger partial charge in [0.15, 0.2) is 17.3 Å². The smallest absolute Gasteiger partial charge is 0.161 e. The van der Waals surface area contributed by atoms with Gasteiger partial charge in [0, 0.05) is 12.2 Å². The molecular weight excluding hydrogens is 306 g/mol. The van der Waals surface area contributed by atoms with Crippen molar-refractivity contribution < 1.29 is 9.47 Å². The maximum absolute atomic E-state index is 5.62. The molecule has 1 aliphatic heterocycles. The lowest BCUT2D eigenvalue weighted by atomic mass is 10.2. The lowest BCUT2D eigenvalue weighted by Gasteiger charge is -2.19. The molecule has 1 N–H and O–H groups in total. The number of nitrogens with one attached hydrogen (secondary N) is 1. The van der Waals surface area contributed by atoms with Gasteiger partial charge in [-0.3, -0.25) is 0 Å². The third-order valence-electron chi connectivity index (χ3n) is 3.82. The third kappa shape index (κ3) is 2.88. The average molecular weight is 323 g/mol. The van der Waals surface area contributed by atoms with E-state index in [-0.39, 0.29) is 0 Å². The van der Waals surface area contributed by atoms with Crippen molar-refractivity contribution in [3.05, 3.63) is 53.9 Å². The number of fused-ring (bicyclic) bond motifs is 1. The Kier molecular flexibility index (Phi) is 3.74. The van der Waals surface area contributed by atoms with Gasteiger partial charge in [-0.25, -0.2) is 0 Å². The van der Waals surface area contributed by atoms with Gasteiger partial charge < -0.3 is 14.8 Å². The molecule has 0 unspecified atom stereocenters. The second-order valence-corrected chi connectivity index (χ2v) is 5.52. The Labute approximate surface area is 139 Å². The predicted molar refractivity (Wildman–Crippen MR) is 88.6 cm³/mol. The molecule has 0 bridgehead atoms. The Bertz CT molecular complexity index is 862. The van der Waals surface area contributed by atoms with Gasteiger partial charge in [0.1, 0.15) is 13.2 Å². The summed E-state index contributed by atoms with van der Waals surface area (Å²) in [5.74, 6) is 2.36. The SMILES string of the molecule is Cc1nnnn1-c1cccc(NCc2ccc3c(c2)OCCO3)c1. The number of aromatic nitrogens is 4. The van der Waals surface area contributed by atoms with Crippen molar-refractivity contribution in [2.24, 2.45) is 0 Å². The van der Waals surface area contributed by atoms with E-state index in [0.29, 0.717) is 19.8 Å². The molecular formula is C17H17N5O2. The van der Waals surface area contributed by atoms with E-state index >= 15 is 0 Å². The van der Waals surface area contributed by atoms with Crippen LogP contribution < -0.4 is 14.8 Å². The Balaban J connectivity index is 1.49. The van der Waals surface area contributed by atoms with Crippen LogP contribution in [0.15, 0.2) is 42.5 Å². The van der Waals surface area contributed by atoms with E-state index in [1.807, 2.05) is 49.4 Å². The van der Waals surface area contributed by atoms with Crippen molar-refractivity contribution in [3.8, 4) is 17.2 Å². The van der Waals surface area contributed by atoms with Crippen LogP contribution in [0.25, 0.3) is 5.69 Å². The molecule has 122 valence electrons. The second kappa shape index (κ2) is 6.19. The zero-order chi connectivity index (χ0) is 16.4. The highest BCUT2D eigenvalue weighted by molar-refractivity contribution is 5.52. The molecule has 3 aromatic rings. The number of anilines is 1. The summed E-state index contributed by atoms with van der Waals surface area (Å²) in [6.07, 6.45) is 0. The van der Waals surface area contributed by atoms with Gasteiger partial charge in [-0.1, -0.05) is 12.1 Å². The number of hydrogen-bond acceptors (Lipinski definition) is 6. The van der Waals surface area contributed by atoms with E-state index < -0.39 is 0 Å². The van der Waals surface area contributed by atoms with E-state index in [2.05, 4.69) is 20.8 Å². The minimum absolute atomic E-state index is 0.594. The molecule has 2 heterocycles. The Morgan fingerprint density at radius 2 is 1.96 bits per heavy atom. The molecule has 1 aliphatic rings. The zero-order valence-corrected chi connectivity index (χ0v) is 13.3. The standard InChI is InChI=1S/C17H17N5O2/c1-12-19-20-21-22(12)15-4-2-3-14(10-15)18-11-13-5-6-16-17(9-13)24-8-7-23-16/h2-6,9-10,18H,7-8,11H2,1H3. The van der Waals surface area contributed by atoms with Crippen LogP contribution in [0, 0.1) is 6.92 Å². The first-order chi connectivity index (χ1) is 11.8. The normalized spacial score (nSPS) is 12.9. The molecule has 7 heteroatoms. The molecule has 0 saturated carbocycles. The van der Waals surface area contributed by atoms with Crippen molar-refractivity contribution in [3.63, 3.8) is 0 Å². The van der Waals surface area contributed by atoms with Gasteiger partial charge in [0.05, 0.1) is 5.69 Å². The van der Waals surface area contributed by atoms with Crippen LogP contribution in [0.5, 0.6) is 11.5 Å². The first kappa shape index (κ1) is 14.5. The fraction of sp³-hybridized carbons (Fsp3) is 0.235. The van der Waals surface area contributed by atoms with Gasteiger partial charge in [-0.15, -0.1) is 5.10 Å². The summed E-state index contributed by atoms with van der Waals surface area (Å²) in [5, 5.41) is 15.0. The third-order valence-corrected chi connectivity index (χ3v) is 3.82. The molecule has 24 heavy (non-hydrogen) atoms. The van der Waals surface area contributed by atoms with Crippen molar-refractivity contribution in [2.75, 3.05) is 18.5 Å². The highest BCUT2D eigenvalue weighted by atomic mass is 16.6. The number of aryl methyl sites for hydroxylation is 1. The van der Waals surface area contributed by atoms with Crippen LogP contribution in [0.3, 0.4) is 0 Å². The molecule has 0 amide bonds. The lowest BCUT2D eigenvalue weighted by molar-refractivity contribution is 0.171. The van der Waals surface area contributed by atoms with Gasteiger partial charge >= 0.3 is 0 Å². The molecule has 0 saturated heterocycles. The van der Waals surface area contributed by atoms with E-state index in [0.717, 1.165) is 34.3 Å². The Hall–Kier alpha value is -3.09. The Morgan fingerprint density at radius 1 is 1.08 bits per heavy atom. The minimum atomic E-state index is 0.594. The molecule has 0 atom stereocenters. The molecule has 4 rings (SSSR count). The van der Waals surface area contributed by atoms with E-state index in [1.165, 1.54) is 0 Å². The molecule has 1 aromatic heterocycles. The van der Waals surface area contributed by atoms with E-state index in [1.54, 1.807) is 4.68 Å². The highest BCUT2D eigenvalue weighted by Gasteiger charge is 2.11. The first-order valence-corrected chi connectivity index (χ1v) is 7.77. The van der Waals surface area contributed by atoms with E-state index in [4.69, 9.17) is 9.47 Å². The number of rotatable bonds is 4. The summed E-state index contributed by atoms with van der Waals surface area (Å²) in [5.41, 5.74) is 3.05. The number of benzene rings is 2. The number of nitrogens with zero attached hydrogens (tertiary/aromatic N) is 4. The van der Waals surface area contributed by atoms with Gasteiger partial charge in [0.25, 0.3) is 0 Å². The summed E-state index contributed by atoms with van der Waals surface area (Å²) in [7, 11) is 0. The largest absolute Gasteiger partial charge is 0.486 e. The molecule has 2 aromatic carbocycles. The van der Waals surface area contributed by atoms with Crippen molar-refractivity contribution >= 4 is 5.69 Å². The molecule has 0 aliphatic carbocycles. The molecule has 7 nitrogen and oxygen atoms in total. The summed E-state index contributed by atoms with van der Waals surface area (Å²) < 4.78 is 12.9. The number of hydrogen-bond donors (Lipinski definition) is 1. The summed E-state index contributed by atoms with van der Waals surface area (Å²) in [4.78, 5) is 0. The first-order valence-electron chi connectivity index (χ1n) is 7.77. The molecule has 0 fully saturated rings. The predicted octanol–water partition coefficient (Wildman–Crippen LogP) is 2.35. The maximum atomic E-state index is 5.62. The van der Waals surface area contributed by atoms with Crippen LogP contribution >= 0.6 is 0 Å². The summed E-state index contributed by atoms with van der Waals surface area (Å²) >= 11 is 0. The average Bonchev–Trinajstić information content (AvgIpc) is 3.06. The lowest BCUT2D eigenvalue weighted by Crippen LogP contribution is -2.15. The van der Waals surface area contributed by atoms with Crippen LogP contribution in [-0.4, -0.2) is 33.4 Å². The maximum Gasteiger partial charge on any atom is 0.161 e. The fourth-order valence-corrected chi connectivity index (χ4v) is 2.62. The van der Waals surface area contributed by atoms with Crippen molar-refractivity contribution in [2.45, 2.75) is 13.5 Å². The van der Waals surface area contributed by atoms with E-state index in [9.17, 15) is 0 Å². The number of ether oxygens (including phenoxy) is 2. The van der Waals surface area contributed by atoms with Crippen molar-refractivity contribution in [1.82, 2.24) is 20.2 Å². The van der Waals surface area contributed by atoms with Crippen LogP contribution in [0.1, 0.15) is 11.4 Å². The van der Waals surface area contributed by atoms with Gasteiger partial charge in [-0.05, 0) is 53.2 Å². The highest BCUT2D eigenvalue weighted by Crippen LogP contribution is 2.31. The van der Waals surface area contributed by atoms with Gasteiger partial charge in [0.2, 0.25) is 0 Å².